The van der Waals surface area contributed by atoms with Crippen LogP contribution in [0.3, 0.4) is 0 Å². The Kier molecular flexibility index (Phi) is 6.42. The molecule has 0 atom stereocenters. The minimum Gasteiger partial charge on any atom is -0.497 e. The molecule has 1 aliphatic rings. The van der Waals surface area contributed by atoms with E-state index in [9.17, 15) is 4.79 Å². The largest absolute Gasteiger partial charge is 0.497 e. The van der Waals surface area contributed by atoms with Crippen LogP contribution in [0.2, 0.25) is 0 Å². The summed E-state index contributed by atoms with van der Waals surface area (Å²) >= 11 is 0. The SMILES string of the molecule is COc1ccc2nc(CN3CCN(C(=O)COc4ccc(C(C)C)cc4)CC3)[nH]c2c1. The molecule has 164 valence electrons. The molecule has 1 aliphatic heterocycles. The predicted octanol–water partition coefficient (Wildman–Crippen LogP) is 3.42. The third kappa shape index (κ3) is 5.17. The highest BCUT2D eigenvalue weighted by molar-refractivity contribution is 5.78. The van der Waals surface area contributed by atoms with Crippen molar-refractivity contribution in [2.45, 2.75) is 26.3 Å². The first-order valence-electron chi connectivity index (χ1n) is 10.8. The van der Waals surface area contributed by atoms with E-state index in [0.29, 0.717) is 19.0 Å². The van der Waals surface area contributed by atoms with Gasteiger partial charge in [-0.25, -0.2) is 4.98 Å². The number of methoxy groups -OCH3 is 1. The molecule has 1 amide bonds. The van der Waals surface area contributed by atoms with Crippen LogP contribution in [-0.4, -0.2) is 65.6 Å². The molecule has 0 aliphatic carbocycles. The molecule has 0 unspecified atom stereocenters. The Morgan fingerprint density at radius 1 is 1.06 bits per heavy atom. The van der Waals surface area contributed by atoms with E-state index in [1.54, 1.807) is 7.11 Å². The van der Waals surface area contributed by atoms with Gasteiger partial charge in [-0.3, -0.25) is 9.69 Å². The summed E-state index contributed by atoms with van der Waals surface area (Å²) in [5.41, 5.74) is 3.17. The van der Waals surface area contributed by atoms with Crippen LogP contribution in [-0.2, 0) is 11.3 Å². The van der Waals surface area contributed by atoms with Crippen LogP contribution < -0.4 is 9.47 Å². The van der Waals surface area contributed by atoms with Gasteiger partial charge in [-0.15, -0.1) is 0 Å². The number of benzene rings is 2. The van der Waals surface area contributed by atoms with Gasteiger partial charge in [0, 0.05) is 32.2 Å². The predicted molar refractivity (Wildman–Crippen MR) is 121 cm³/mol. The molecule has 1 saturated heterocycles. The fourth-order valence-electron chi connectivity index (χ4n) is 3.80. The molecule has 2 aromatic carbocycles. The highest BCUT2D eigenvalue weighted by Gasteiger charge is 2.22. The van der Waals surface area contributed by atoms with Crippen molar-refractivity contribution in [2.24, 2.45) is 0 Å². The number of ether oxygens (including phenoxy) is 2. The lowest BCUT2D eigenvalue weighted by atomic mass is 10.0. The fraction of sp³-hybridized carbons (Fsp3) is 0.417. The Labute approximate surface area is 183 Å². The van der Waals surface area contributed by atoms with E-state index >= 15 is 0 Å². The van der Waals surface area contributed by atoms with Gasteiger partial charge in [-0.2, -0.15) is 0 Å². The standard InChI is InChI=1S/C24H30N4O3/c1-17(2)18-4-6-19(7-5-18)31-16-24(29)28-12-10-27(11-13-28)15-23-25-21-9-8-20(30-3)14-22(21)26-23/h4-9,14,17H,10-13,15-16H2,1-3H3,(H,25,26). The topological polar surface area (TPSA) is 70.7 Å². The van der Waals surface area contributed by atoms with Gasteiger partial charge < -0.3 is 19.4 Å². The van der Waals surface area contributed by atoms with Crippen molar-refractivity contribution in [3.63, 3.8) is 0 Å². The van der Waals surface area contributed by atoms with E-state index in [1.165, 1.54) is 5.56 Å². The number of imidazole rings is 1. The monoisotopic (exact) mass is 422 g/mol. The first kappa shape index (κ1) is 21.2. The van der Waals surface area contributed by atoms with Crippen LogP contribution in [0.25, 0.3) is 11.0 Å². The van der Waals surface area contributed by atoms with Gasteiger partial charge in [-0.1, -0.05) is 26.0 Å². The molecule has 0 spiro atoms. The minimum absolute atomic E-state index is 0.0309. The molecule has 1 N–H and O–H groups in total. The van der Waals surface area contributed by atoms with Crippen molar-refractivity contribution in [2.75, 3.05) is 39.9 Å². The molecule has 0 radical (unpaired) electrons. The molecule has 1 aromatic heterocycles. The van der Waals surface area contributed by atoms with Gasteiger partial charge in [0.2, 0.25) is 0 Å². The summed E-state index contributed by atoms with van der Waals surface area (Å²) in [7, 11) is 1.66. The molecule has 4 rings (SSSR count). The van der Waals surface area contributed by atoms with E-state index in [2.05, 4.69) is 40.8 Å². The molecular formula is C24H30N4O3. The molecule has 1 fully saturated rings. The first-order chi connectivity index (χ1) is 15.0. The highest BCUT2D eigenvalue weighted by Crippen LogP contribution is 2.20. The van der Waals surface area contributed by atoms with Gasteiger partial charge in [0.1, 0.15) is 17.3 Å². The number of H-pyrrole nitrogens is 1. The second-order valence-corrected chi connectivity index (χ2v) is 8.24. The van der Waals surface area contributed by atoms with E-state index in [0.717, 1.165) is 48.0 Å². The van der Waals surface area contributed by atoms with Crippen LogP contribution >= 0.6 is 0 Å². The Balaban J connectivity index is 1.25. The smallest absolute Gasteiger partial charge is 0.260 e. The number of fused-ring (bicyclic) bond motifs is 1. The summed E-state index contributed by atoms with van der Waals surface area (Å²) in [6.45, 7) is 8.15. The lowest BCUT2D eigenvalue weighted by molar-refractivity contribution is -0.135. The summed E-state index contributed by atoms with van der Waals surface area (Å²) in [5, 5.41) is 0. The molecule has 31 heavy (non-hydrogen) atoms. The number of nitrogens with zero attached hydrogens (tertiary/aromatic N) is 3. The number of carbonyl (C=O) groups excluding carboxylic acids is 1. The van der Waals surface area contributed by atoms with E-state index < -0.39 is 0 Å². The van der Waals surface area contributed by atoms with E-state index in [1.807, 2.05) is 35.2 Å². The summed E-state index contributed by atoms with van der Waals surface area (Å²) in [5.74, 6) is 2.99. The molecule has 0 bridgehead atoms. The number of hydrogen-bond acceptors (Lipinski definition) is 5. The molecule has 2 heterocycles. The average molecular weight is 423 g/mol. The lowest BCUT2D eigenvalue weighted by Gasteiger charge is -2.34. The molecule has 7 nitrogen and oxygen atoms in total. The Morgan fingerprint density at radius 3 is 2.45 bits per heavy atom. The number of amides is 1. The van der Waals surface area contributed by atoms with Crippen molar-refractivity contribution in [1.82, 2.24) is 19.8 Å². The molecule has 7 heteroatoms. The second-order valence-electron chi connectivity index (χ2n) is 8.24. The zero-order chi connectivity index (χ0) is 21.8. The molecule has 3 aromatic rings. The maximum absolute atomic E-state index is 12.5. The first-order valence-corrected chi connectivity index (χ1v) is 10.8. The number of carbonyl (C=O) groups is 1. The van der Waals surface area contributed by atoms with E-state index in [-0.39, 0.29) is 12.5 Å². The number of piperazine rings is 1. The van der Waals surface area contributed by atoms with Gasteiger partial charge in [-0.05, 0) is 35.7 Å². The van der Waals surface area contributed by atoms with Gasteiger partial charge in [0.15, 0.2) is 6.61 Å². The van der Waals surface area contributed by atoms with Crippen LogP contribution in [0.15, 0.2) is 42.5 Å². The summed E-state index contributed by atoms with van der Waals surface area (Å²) in [4.78, 5) is 24.8. The Morgan fingerprint density at radius 2 is 1.77 bits per heavy atom. The summed E-state index contributed by atoms with van der Waals surface area (Å²) in [6.07, 6.45) is 0. The zero-order valence-corrected chi connectivity index (χ0v) is 18.4. The Bertz CT molecular complexity index is 1020. The number of aromatic nitrogens is 2. The van der Waals surface area contributed by atoms with Crippen molar-refractivity contribution in [3.8, 4) is 11.5 Å². The summed E-state index contributed by atoms with van der Waals surface area (Å²) < 4.78 is 11.0. The normalized spacial score (nSPS) is 14.9. The van der Waals surface area contributed by atoms with Crippen LogP contribution in [0.5, 0.6) is 11.5 Å². The zero-order valence-electron chi connectivity index (χ0n) is 18.4. The van der Waals surface area contributed by atoms with Crippen molar-refractivity contribution < 1.29 is 14.3 Å². The number of hydrogen-bond donors (Lipinski definition) is 1. The van der Waals surface area contributed by atoms with Crippen molar-refractivity contribution >= 4 is 16.9 Å². The minimum atomic E-state index is 0.0309. The van der Waals surface area contributed by atoms with Crippen molar-refractivity contribution in [1.29, 1.82) is 0 Å². The van der Waals surface area contributed by atoms with Crippen LogP contribution in [0.4, 0.5) is 0 Å². The van der Waals surface area contributed by atoms with Gasteiger partial charge in [0.25, 0.3) is 5.91 Å². The van der Waals surface area contributed by atoms with Crippen molar-refractivity contribution in [3.05, 3.63) is 53.9 Å². The quantitative estimate of drug-likeness (QED) is 0.632. The third-order valence-electron chi connectivity index (χ3n) is 5.75. The van der Waals surface area contributed by atoms with E-state index in [4.69, 9.17) is 9.47 Å². The summed E-state index contributed by atoms with van der Waals surface area (Å²) in [6, 6.07) is 13.8. The van der Waals surface area contributed by atoms with Crippen LogP contribution in [0, 0.1) is 0 Å². The maximum atomic E-state index is 12.5. The average Bonchev–Trinajstić information content (AvgIpc) is 3.19. The maximum Gasteiger partial charge on any atom is 0.260 e. The number of rotatable bonds is 7. The lowest BCUT2D eigenvalue weighted by Crippen LogP contribution is -2.49. The highest BCUT2D eigenvalue weighted by atomic mass is 16.5. The third-order valence-corrected chi connectivity index (χ3v) is 5.75. The van der Waals surface area contributed by atoms with Crippen LogP contribution in [0.1, 0.15) is 31.2 Å². The number of aromatic amines is 1. The molecular weight excluding hydrogens is 392 g/mol. The van der Waals surface area contributed by atoms with Gasteiger partial charge in [0.05, 0.1) is 24.7 Å². The second kappa shape index (κ2) is 9.39. The molecule has 0 saturated carbocycles. The number of nitrogens with one attached hydrogen (secondary N) is 1. The fourth-order valence-corrected chi connectivity index (χ4v) is 3.80. The van der Waals surface area contributed by atoms with Gasteiger partial charge >= 0.3 is 0 Å². The Hall–Kier alpha value is -3.06.